The molecule has 108 valence electrons. The van der Waals surface area contributed by atoms with Gasteiger partial charge in [0, 0.05) is 24.3 Å². The quantitative estimate of drug-likeness (QED) is 0.691. The number of hydrogen-bond acceptors (Lipinski definition) is 4. The topological polar surface area (TPSA) is 83.1 Å². The van der Waals surface area contributed by atoms with E-state index in [0.29, 0.717) is 17.4 Å². The van der Waals surface area contributed by atoms with Gasteiger partial charge in [0.15, 0.2) is 0 Å². The van der Waals surface area contributed by atoms with Crippen LogP contribution in [0.15, 0.2) is 18.3 Å². The van der Waals surface area contributed by atoms with Crippen molar-refractivity contribution in [2.45, 2.75) is 32.2 Å². The number of rotatable bonds is 7. The largest absolute Gasteiger partial charge is 0.370 e. The van der Waals surface area contributed by atoms with Crippen LogP contribution in [0.1, 0.15) is 36.5 Å². The van der Waals surface area contributed by atoms with E-state index in [1.54, 1.807) is 18.3 Å². The van der Waals surface area contributed by atoms with Gasteiger partial charge in [-0.05, 0) is 31.4 Å². The van der Waals surface area contributed by atoms with Crippen LogP contribution < -0.4 is 16.0 Å². The Balaban J connectivity index is 1.82. The van der Waals surface area contributed by atoms with E-state index in [1.165, 1.54) is 0 Å². The average molecular weight is 276 g/mol. The molecule has 2 amide bonds. The van der Waals surface area contributed by atoms with Crippen molar-refractivity contribution in [3.05, 3.63) is 23.9 Å². The average Bonchev–Trinajstić information content (AvgIpc) is 3.26. The molecular formula is C14H20N4O2. The van der Waals surface area contributed by atoms with Gasteiger partial charge in [0.1, 0.15) is 5.82 Å². The van der Waals surface area contributed by atoms with Crippen LogP contribution in [0.2, 0.25) is 0 Å². The van der Waals surface area contributed by atoms with E-state index >= 15 is 0 Å². The van der Waals surface area contributed by atoms with E-state index in [4.69, 9.17) is 0 Å². The zero-order valence-electron chi connectivity index (χ0n) is 11.6. The molecular weight excluding hydrogens is 256 g/mol. The Labute approximate surface area is 118 Å². The van der Waals surface area contributed by atoms with E-state index in [-0.39, 0.29) is 18.4 Å². The van der Waals surface area contributed by atoms with Crippen LogP contribution in [0.5, 0.6) is 0 Å². The minimum atomic E-state index is -0.266. The minimum Gasteiger partial charge on any atom is -0.370 e. The molecule has 1 heterocycles. The lowest BCUT2D eigenvalue weighted by molar-refractivity contribution is -0.120. The molecule has 6 heteroatoms. The zero-order valence-corrected chi connectivity index (χ0v) is 11.6. The van der Waals surface area contributed by atoms with Gasteiger partial charge in [-0.3, -0.25) is 9.59 Å². The number of carbonyl (C=O) groups is 2. The molecule has 1 saturated carbocycles. The monoisotopic (exact) mass is 276 g/mol. The number of carbonyl (C=O) groups excluding carboxylic acids is 2. The first-order valence-corrected chi connectivity index (χ1v) is 6.96. The fourth-order valence-electron chi connectivity index (χ4n) is 1.69. The Morgan fingerprint density at radius 2 is 2.20 bits per heavy atom. The number of hydrogen-bond donors (Lipinski definition) is 3. The summed E-state index contributed by atoms with van der Waals surface area (Å²) in [4.78, 5) is 27.5. The van der Waals surface area contributed by atoms with Gasteiger partial charge >= 0.3 is 0 Å². The van der Waals surface area contributed by atoms with E-state index in [9.17, 15) is 9.59 Å². The van der Waals surface area contributed by atoms with Crippen molar-refractivity contribution in [1.29, 1.82) is 0 Å². The highest BCUT2D eigenvalue weighted by molar-refractivity contribution is 5.97. The van der Waals surface area contributed by atoms with Crippen LogP contribution in [0.4, 0.5) is 5.82 Å². The number of anilines is 1. The molecule has 1 aliphatic rings. The molecule has 2 rings (SSSR count). The van der Waals surface area contributed by atoms with Crippen molar-refractivity contribution in [3.63, 3.8) is 0 Å². The number of pyridine rings is 1. The highest BCUT2D eigenvalue weighted by atomic mass is 16.2. The maximum Gasteiger partial charge on any atom is 0.251 e. The summed E-state index contributed by atoms with van der Waals surface area (Å²) >= 11 is 0. The fraction of sp³-hybridized carbons (Fsp3) is 0.500. The third-order valence-electron chi connectivity index (χ3n) is 2.93. The third kappa shape index (κ3) is 4.53. The number of nitrogens with zero attached hydrogens (tertiary/aromatic N) is 1. The summed E-state index contributed by atoms with van der Waals surface area (Å²) in [5.41, 5.74) is 0.498. The minimum absolute atomic E-state index is 0.00930. The van der Waals surface area contributed by atoms with Gasteiger partial charge in [0.25, 0.3) is 5.91 Å². The van der Waals surface area contributed by atoms with Crippen LogP contribution in [0, 0.1) is 0 Å². The van der Waals surface area contributed by atoms with Gasteiger partial charge in [0.05, 0.1) is 6.54 Å². The predicted octanol–water partition coefficient (Wildman–Crippen LogP) is 0.912. The van der Waals surface area contributed by atoms with Crippen LogP contribution in [-0.2, 0) is 4.79 Å². The summed E-state index contributed by atoms with van der Waals surface area (Å²) in [6, 6.07) is 3.62. The zero-order chi connectivity index (χ0) is 14.4. The van der Waals surface area contributed by atoms with Crippen LogP contribution in [-0.4, -0.2) is 35.9 Å². The van der Waals surface area contributed by atoms with E-state index < -0.39 is 0 Å². The lowest BCUT2D eigenvalue weighted by Crippen LogP contribution is -2.37. The number of amides is 2. The second kappa shape index (κ2) is 6.88. The maximum atomic E-state index is 11.9. The molecule has 0 spiro atoms. The van der Waals surface area contributed by atoms with Crippen molar-refractivity contribution in [2.24, 2.45) is 0 Å². The van der Waals surface area contributed by atoms with Crippen LogP contribution >= 0.6 is 0 Å². The first kappa shape index (κ1) is 14.3. The predicted molar refractivity (Wildman–Crippen MR) is 76.5 cm³/mol. The SMILES string of the molecule is CCCNc1cc(C(=O)NCC(=O)NC2CC2)ccn1. The molecule has 0 unspecified atom stereocenters. The lowest BCUT2D eigenvalue weighted by Gasteiger charge is -2.08. The highest BCUT2D eigenvalue weighted by Gasteiger charge is 2.23. The van der Waals surface area contributed by atoms with Gasteiger partial charge in [-0.15, -0.1) is 0 Å². The van der Waals surface area contributed by atoms with Crippen molar-refractivity contribution in [1.82, 2.24) is 15.6 Å². The molecule has 1 aliphatic carbocycles. The molecule has 0 aromatic carbocycles. The molecule has 20 heavy (non-hydrogen) atoms. The standard InChI is InChI=1S/C14H20N4O2/c1-2-6-15-12-8-10(5-7-16-12)14(20)17-9-13(19)18-11-3-4-11/h5,7-8,11H,2-4,6,9H2,1H3,(H,15,16)(H,17,20)(H,18,19). The van der Waals surface area contributed by atoms with Gasteiger partial charge in [-0.1, -0.05) is 6.92 Å². The van der Waals surface area contributed by atoms with Crippen molar-refractivity contribution in [2.75, 3.05) is 18.4 Å². The Kier molecular flexibility index (Phi) is 4.92. The molecule has 6 nitrogen and oxygen atoms in total. The Morgan fingerprint density at radius 3 is 2.90 bits per heavy atom. The van der Waals surface area contributed by atoms with Crippen LogP contribution in [0.25, 0.3) is 0 Å². The summed E-state index contributed by atoms with van der Waals surface area (Å²) in [5.74, 6) is 0.263. The van der Waals surface area contributed by atoms with Gasteiger partial charge in [-0.25, -0.2) is 4.98 Å². The molecule has 1 fully saturated rings. The van der Waals surface area contributed by atoms with E-state index in [2.05, 4.69) is 27.9 Å². The second-order valence-electron chi connectivity index (χ2n) is 4.88. The summed E-state index contributed by atoms with van der Waals surface area (Å²) in [5, 5.41) is 8.55. The number of nitrogens with one attached hydrogen (secondary N) is 3. The molecule has 3 N–H and O–H groups in total. The first-order chi connectivity index (χ1) is 9.69. The van der Waals surface area contributed by atoms with Gasteiger partial charge in [-0.2, -0.15) is 0 Å². The summed E-state index contributed by atoms with van der Waals surface area (Å²) < 4.78 is 0. The maximum absolute atomic E-state index is 11.9. The fourth-order valence-corrected chi connectivity index (χ4v) is 1.69. The molecule has 0 bridgehead atoms. The first-order valence-electron chi connectivity index (χ1n) is 6.96. The summed E-state index contributed by atoms with van der Waals surface area (Å²) in [6.07, 6.45) is 4.64. The smallest absolute Gasteiger partial charge is 0.251 e. The lowest BCUT2D eigenvalue weighted by atomic mass is 10.2. The van der Waals surface area contributed by atoms with Crippen molar-refractivity contribution in [3.8, 4) is 0 Å². The third-order valence-corrected chi connectivity index (χ3v) is 2.93. The molecule has 0 aliphatic heterocycles. The molecule has 0 atom stereocenters. The second-order valence-corrected chi connectivity index (χ2v) is 4.88. The van der Waals surface area contributed by atoms with E-state index in [1.807, 2.05) is 0 Å². The van der Waals surface area contributed by atoms with Crippen molar-refractivity contribution >= 4 is 17.6 Å². The Morgan fingerprint density at radius 1 is 1.40 bits per heavy atom. The van der Waals surface area contributed by atoms with Gasteiger partial charge in [0.2, 0.25) is 5.91 Å². The molecule has 0 radical (unpaired) electrons. The molecule has 1 aromatic rings. The van der Waals surface area contributed by atoms with Crippen LogP contribution in [0.3, 0.4) is 0 Å². The van der Waals surface area contributed by atoms with Gasteiger partial charge < -0.3 is 16.0 Å². The normalized spacial score (nSPS) is 13.7. The number of aromatic nitrogens is 1. The Hall–Kier alpha value is -2.11. The summed E-state index contributed by atoms with van der Waals surface area (Å²) in [6.45, 7) is 2.87. The molecule has 0 saturated heterocycles. The van der Waals surface area contributed by atoms with E-state index in [0.717, 1.165) is 25.8 Å². The molecule has 1 aromatic heterocycles. The van der Waals surface area contributed by atoms with Crippen molar-refractivity contribution < 1.29 is 9.59 Å². The Bertz CT molecular complexity index is 486. The highest BCUT2D eigenvalue weighted by Crippen LogP contribution is 2.18. The summed E-state index contributed by atoms with van der Waals surface area (Å²) in [7, 11) is 0.